The Kier molecular flexibility index (Phi) is 4.13. The Hall–Kier alpha value is -0.830. The predicted molar refractivity (Wildman–Crippen MR) is 83.9 cm³/mol. The lowest BCUT2D eigenvalue weighted by Crippen LogP contribution is -2.50. The molecule has 3 nitrogen and oxygen atoms in total. The lowest BCUT2D eigenvalue weighted by Gasteiger charge is -2.57. The van der Waals surface area contributed by atoms with E-state index in [9.17, 15) is 4.79 Å². The molecule has 1 heterocycles. The van der Waals surface area contributed by atoms with Crippen molar-refractivity contribution in [2.45, 2.75) is 46.5 Å². The molecule has 3 aliphatic carbocycles. The first kappa shape index (κ1) is 15.1. The number of nitrogens with zero attached hydrogens (tertiary/aromatic N) is 1. The molecule has 4 aliphatic rings. The van der Waals surface area contributed by atoms with Gasteiger partial charge < -0.3 is 4.74 Å². The van der Waals surface area contributed by atoms with Crippen LogP contribution in [0.5, 0.6) is 0 Å². The van der Waals surface area contributed by atoms with Crippen molar-refractivity contribution in [2.24, 2.45) is 23.2 Å². The summed E-state index contributed by atoms with van der Waals surface area (Å²) in [5.41, 5.74) is 2.19. The minimum atomic E-state index is 0.0111. The van der Waals surface area contributed by atoms with Crippen molar-refractivity contribution in [3.8, 4) is 0 Å². The molecule has 0 aromatic rings. The summed E-state index contributed by atoms with van der Waals surface area (Å²) in [4.78, 5) is 14.3. The molecule has 1 saturated carbocycles. The number of likely N-dealkylation sites (tertiary alicyclic amines) is 1. The van der Waals surface area contributed by atoms with Gasteiger partial charge in [-0.25, -0.2) is 0 Å². The highest BCUT2D eigenvalue weighted by Gasteiger charge is 2.51. The molecule has 0 spiro atoms. The van der Waals surface area contributed by atoms with E-state index in [1.165, 1.54) is 12.8 Å². The molecular formula is C18H29NO2. The Morgan fingerprint density at radius 2 is 2.10 bits per heavy atom. The van der Waals surface area contributed by atoms with Crippen LogP contribution in [-0.4, -0.2) is 37.1 Å². The zero-order chi connectivity index (χ0) is 15.0. The van der Waals surface area contributed by atoms with E-state index >= 15 is 0 Å². The van der Waals surface area contributed by atoms with Crippen molar-refractivity contribution in [1.82, 2.24) is 4.90 Å². The second-order valence-electron chi connectivity index (χ2n) is 7.62. The fraction of sp³-hybridized carbons (Fsp3) is 0.833. The largest absolute Gasteiger partial charge is 0.466 e. The third-order valence-electron chi connectivity index (χ3n) is 6.20. The van der Waals surface area contributed by atoms with Crippen LogP contribution in [0.25, 0.3) is 0 Å². The molecule has 0 aromatic heterocycles. The van der Waals surface area contributed by atoms with Crippen LogP contribution in [0.2, 0.25) is 0 Å². The summed E-state index contributed by atoms with van der Waals surface area (Å²) in [5.74, 6) is 1.86. The molecular weight excluding hydrogens is 262 g/mol. The van der Waals surface area contributed by atoms with Gasteiger partial charge in [-0.2, -0.15) is 0 Å². The van der Waals surface area contributed by atoms with Gasteiger partial charge in [-0.3, -0.25) is 9.69 Å². The second kappa shape index (κ2) is 5.75. The number of hydrogen-bond donors (Lipinski definition) is 0. The van der Waals surface area contributed by atoms with E-state index in [1.807, 2.05) is 6.92 Å². The lowest BCUT2D eigenvalue weighted by atomic mass is 9.49. The highest BCUT2D eigenvalue weighted by molar-refractivity contribution is 5.72. The predicted octanol–water partition coefficient (Wildman–Crippen LogP) is 3.25. The summed E-state index contributed by atoms with van der Waals surface area (Å²) >= 11 is 0. The minimum Gasteiger partial charge on any atom is -0.466 e. The Balaban J connectivity index is 1.50. The highest BCUT2D eigenvalue weighted by atomic mass is 16.5. The van der Waals surface area contributed by atoms with Crippen molar-refractivity contribution >= 4 is 5.97 Å². The second-order valence-corrected chi connectivity index (χ2v) is 7.62. The molecule has 1 aliphatic heterocycles. The average Bonchev–Trinajstić information content (AvgIpc) is 2.48. The molecule has 2 fully saturated rings. The van der Waals surface area contributed by atoms with Crippen LogP contribution >= 0.6 is 0 Å². The number of ether oxygens (including phenoxy) is 1. The van der Waals surface area contributed by atoms with Crippen LogP contribution in [0.3, 0.4) is 0 Å². The normalized spacial score (nSPS) is 32.2. The summed E-state index contributed by atoms with van der Waals surface area (Å²) in [5, 5.41) is 0. The number of hydrogen-bond acceptors (Lipinski definition) is 3. The fourth-order valence-electron chi connectivity index (χ4n) is 4.50. The van der Waals surface area contributed by atoms with Crippen LogP contribution in [-0.2, 0) is 9.53 Å². The monoisotopic (exact) mass is 291 g/mol. The molecule has 0 N–H and O–H groups in total. The maximum absolute atomic E-state index is 11.8. The van der Waals surface area contributed by atoms with Gasteiger partial charge in [-0.1, -0.05) is 25.5 Å². The van der Waals surface area contributed by atoms with Crippen molar-refractivity contribution in [3.63, 3.8) is 0 Å². The Morgan fingerprint density at radius 3 is 2.67 bits per heavy atom. The summed E-state index contributed by atoms with van der Waals surface area (Å²) in [6.07, 6.45) is 7.10. The van der Waals surface area contributed by atoms with Crippen molar-refractivity contribution in [1.29, 1.82) is 0 Å². The zero-order valence-corrected chi connectivity index (χ0v) is 13.7. The quantitative estimate of drug-likeness (QED) is 0.588. The molecule has 0 aromatic carbocycles. The molecule has 21 heavy (non-hydrogen) atoms. The molecule has 3 heteroatoms. The number of carbonyl (C=O) groups excluding carboxylic acids is 1. The van der Waals surface area contributed by atoms with Gasteiger partial charge in [0.1, 0.15) is 0 Å². The van der Waals surface area contributed by atoms with E-state index in [-0.39, 0.29) is 11.9 Å². The van der Waals surface area contributed by atoms with Crippen LogP contribution < -0.4 is 0 Å². The third-order valence-corrected chi connectivity index (χ3v) is 6.20. The van der Waals surface area contributed by atoms with Gasteiger partial charge in [0.2, 0.25) is 0 Å². The van der Waals surface area contributed by atoms with Gasteiger partial charge in [-0.05, 0) is 62.9 Å². The number of esters is 1. The fourth-order valence-corrected chi connectivity index (χ4v) is 4.50. The van der Waals surface area contributed by atoms with Crippen LogP contribution in [0.1, 0.15) is 46.5 Å². The average molecular weight is 291 g/mol. The third kappa shape index (κ3) is 2.77. The first-order chi connectivity index (χ1) is 10.0. The van der Waals surface area contributed by atoms with Crippen LogP contribution in [0.4, 0.5) is 0 Å². The molecule has 118 valence electrons. The highest BCUT2D eigenvalue weighted by Crippen LogP contribution is 2.59. The SMILES string of the molecule is CCOC(=O)C1CCN(CC2=CCC3CC2C3(C)C)CC1. The smallest absolute Gasteiger partial charge is 0.309 e. The van der Waals surface area contributed by atoms with E-state index < -0.39 is 0 Å². The number of rotatable bonds is 4. The van der Waals surface area contributed by atoms with E-state index in [4.69, 9.17) is 4.74 Å². The van der Waals surface area contributed by atoms with E-state index in [2.05, 4.69) is 24.8 Å². The number of fused-ring (bicyclic) bond motifs is 1. The molecule has 0 radical (unpaired) electrons. The maximum Gasteiger partial charge on any atom is 0.309 e. The maximum atomic E-state index is 11.8. The standard InChI is InChI=1S/C18H29NO2/c1-4-21-17(20)13-7-9-19(10-8-13)12-14-5-6-15-11-16(14)18(15,2)3/h5,13,15-16H,4,6-12H2,1-3H3. The lowest BCUT2D eigenvalue weighted by molar-refractivity contribution is -0.149. The minimum absolute atomic E-state index is 0.0111. The van der Waals surface area contributed by atoms with Gasteiger partial charge in [0, 0.05) is 6.54 Å². The molecule has 2 unspecified atom stereocenters. The summed E-state index contributed by atoms with van der Waals surface area (Å²) < 4.78 is 5.15. The Bertz CT molecular complexity index is 432. The van der Waals surface area contributed by atoms with Crippen molar-refractivity contribution < 1.29 is 9.53 Å². The van der Waals surface area contributed by atoms with Crippen LogP contribution in [0, 0.1) is 23.2 Å². The van der Waals surface area contributed by atoms with Crippen molar-refractivity contribution in [2.75, 3.05) is 26.2 Å². The molecule has 4 rings (SSSR count). The topological polar surface area (TPSA) is 29.5 Å². The van der Waals surface area contributed by atoms with E-state index in [0.717, 1.165) is 44.3 Å². The van der Waals surface area contributed by atoms with E-state index in [1.54, 1.807) is 5.57 Å². The number of carbonyl (C=O) groups is 1. The number of allylic oxidation sites excluding steroid dienone is 1. The van der Waals surface area contributed by atoms with Gasteiger partial charge in [0.15, 0.2) is 0 Å². The Morgan fingerprint density at radius 1 is 1.38 bits per heavy atom. The summed E-state index contributed by atoms with van der Waals surface area (Å²) in [7, 11) is 0. The summed E-state index contributed by atoms with van der Waals surface area (Å²) in [6, 6.07) is 0. The van der Waals surface area contributed by atoms with Gasteiger partial charge >= 0.3 is 5.97 Å². The van der Waals surface area contributed by atoms with Gasteiger partial charge in [0.25, 0.3) is 0 Å². The van der Waals surface area contributed by atoms with Gasteiger partial charge in [0.05, 0.1) is 12.5 Å². The first-order valence-corrected chi connectivity index (χ1v) is 8.60. The molecule has 2 bridgehead atoms. The molecule has 2 atom stereocenters. The first-order valence-electron chi connectivity index (χ1n) is 8.60. The number of piperidine rings is 1. The van der Waals surface area contributed by atoms with E-state index in [0.29, 0.717) is 12.0 Å². The van der Waals surface area contributed by atoms with Crippen LogP contribution in [0.15, 0.2) is 11.6 Å². The Labute approximate surface area is 128 Å². The van der Waals surface area contributed by atoms with Gasteiger partial charge in [-0.15, -0.1) is 0 Å². The molecule has 0 amide bonds. The molecule has 1 saturated heterocycles. The summed E-state index contributed by atoms with van der Waals surface area (Å²) in [6.45, 7) is 10.5. The van der Waals surface area contributed by atoms with Crippen molar-refractivity contribution in [3.05, 3.63) is 11.6 Å². The zero-order valence-electron chi connectivity index (χ0n) is 13.7.